The topological polar surface area (TPSA) is 77.4 Å². The van der Waals surface area contributed by atoms with Gasteiger partial charge in [-0.25, -0.2) is 0 Å². The van der Waals surface area contributed by atoms with Gasteiger partial charge in [-0.15, -0.1) is 0 Å². The van der Waals surface area contributed by atoms with Crippen LogP contribution in [0.5, 0.6) is 0 Å². The standard InChI is InChI=1S/C17H32O6/c1-3-16(8-18)10-20-14(21-11-16)6-5-7-15-22-12-17(4-2,9-19)13-23-15/h14-15,18-19H,3-13H2,1-2H3. The lowest BCUT2D eigenvalue weighted by Crippen LogP contribution is -2.44. The van der Waals surface area contributed by atoms with Crippen molar-refractivity contribution in [2.45, 2.75) is 58.5 Å². The van der Waals surface area contributed by atoms with Crippen molar-refractivity contribution in [3.63, 3.8) is 0 Å². The number of hydrogen-bond acceptors (Lipinski definition) is 6. The predicted molar refractivity (Wildman–Crippen MR) is 84.9 cm³/mol. The molecule has 2 heterocycles. The molecule has 2 saturated heterocycles. The van der Waals surface area contributed by atoms with E-state index in [0.29, 0.717) is 26.4 Å². The number of aliphatic hydroxyl groups excluding tert-OH is 2. The normalized spacial score (nSPS) is 38.6. The SMILES string of the molecule is CCC1(CO)COC(CCCC2OCC(CC)(CO)CO2)OC1. The van der Waals surface area contributed by atoms with Gasteiger partial charge in [0.25, 0.3) is 0 Å². The van der Waals surface area contributed by atoms with E-state index in [4.69, 9.17) is 18.9 Å². The summed E-state index contributed by atoms with van der Waals surface area (Å²) in [4.78, 5) is 0. The van der Waals surface area contributed by atoms with Crippen LogP contribution in [0.15, 0.2) is 0 Å². The van der Waals surface area contributed by atoms with Gasteiger partial charge in [0.15, 0.2) is 12.6 Å². The Labute approximate surface area is 139 Å². The molecule has 0 aromatic rings. The first-order valence-corrected chi connectivity index (χ1v) is 8.79. The lowest BCUT2D eigenvalue weighted by molar-refractivity contribution is -0.249. The third-order valence-corrected chi connectivity index (χ3v) is 5.35. The fourth-order valence-corrected chi connectivity index (χ4v) is 2.86. The van der Waals surface area contributed by atoms with Gasteiger partial charge in [0.1, 0.15) is 0 Å². The maximum absolute atomic E-state index is 9.45. The molecule has 0 amide bonds. The predicted octanol–water partition coefficient (Wildman–Crippen LogP) is 1.68. The van der Waals surface area contributed by atoms with E-state index in [1.165, 1.54) is 0 Å². The van der Waals surface area contributed by atoms with Crippen LogP contribution in [0.1, 0.15) is 46.0 Å². The molecule has 2 N–H and O–H groups in total. The molecular weight excluding hydrogens is 300 g/mol. The molecular formula is C17H32O6. The van der Waals surface area contributed by atoms with Crippen LogP contribution in [0.2, 0.25) is 0 Å². The van der Waals surface area contributed by atoms with E-state index in [9.17, 15) is 10.2 Å². The summed E-state index contributed by atoms with van der Waals surface area (Å²) >= 11 is 0. The molecule has 2 rings (SSSR count). The first-order chi connectivity index (χ1) is 11.1. The molecule has 2 fully saturated rings. The van der Waals surface area contributed by atoms with Gasteiger partial charge in [0, 0.05) is 10.8 Å². The molecule has 0 saturated carbocycles. The Bertz CT molecular complexity index is 288. The molecule has 6 heteroatoms. The molecule has 0 aliphatic carbocycles. The summed E-state index contributed by atoms with van der Waals surface area (Å²) in [6, 6.07) is 0. The minimum atomic E-state index is -0.236. The van der Waals surface area contributed by atoms with Crippen molar-refractivity contribution in [2.24, 2.45) is 10.8 Å². The average molecular weight is 332 g/mol. The number of hydrogen-bond donors (Lipinski definition) is 2. The summed E-state index contributed by atoms with van der Waals surface area (Å²) in [5.74, 6) is 0. The maximum Gasteiger partial charge on any atom is 0.157 e. The molecule has 2 aliphatic heterocycles. The fraction of sp³-hybridized carbons (Fsp3) is 1.00. The molecule has 0 spiro atoms. The van der Waals surface area contributed by atoms with Crippen LogP contribution in [0, 0.1) is 10.8 Å². The van der Waals surface area contributed by atoms with Crippen molar-refractivity contribution < 1.29 is 29.2 Å². The quantitative estimate of drug-likeness (QED) is 0.704. The summed E-state index contributed by atoms with van der Waals surface area (Å²) in [6.07, 6.45) is 3.80. The Hall–Kier alpha value is -0.240. The Morgan fingerprint density at radius 3 is 1.35 bits per heavy atom. The van der Waals surface area contributed by atoms with E-state index >= 15 is 0 Å². The van der Waals surface area contributed by atoms with Crippen LogP contribution in [-0.4, -0.2) is 62.4 Å². The largest absolute Gasteiger partial charge is 0.396 e. The monoisotopic (exact) mass is 332 g/mol. The van der Waals surface area contributed by atoms with Crippen molar-refractivity contribution >= 4 is 0 Å². The van der Waals surface area contributed by atoms with Crippen molar-refractivity contribution in [1.82, 2.24) is 0 Å². The third-order valence-electron chi connectivity index (χ3n) is 5.35. The van der Waals surface area contributed by atoms with Gasteiger partial charge in [-0.2, -0.15) is 0 Å². The van der Waals surface area contributed by atoms with E-state index in [1.54, 1.807) is 0 Å². The summed E-state index contributed by atoms with van der Waals surface area (Å²) in [5.41, 5.74) is -0.472. The van der Waals surface area contributed by atoms with E-state index in [0.717, 1.165) is 32.1 Å². The highest BCUT2D eigenvalue weighted by Crippen LogP contribution is 2.31. The van der Waals surface area contributed by atoms with Crippen molar-refractivity contribution in [1.29, 1.82) is 0 Å². The molecule has 2 aliphatic rings. The molecule has 0 unspecified atom stereocenters. The second-order valence-corrected chi connectivity index (χ2v) is 7.06. The van der Waals surface area contributed by atoms with Crippen LogP contribution < -0.4 is 0 Å². The molecule has 0 bridgehead atoms. The highest BCUT2D eigenvalue weighted by Gasteiger charge is 2.36. The summed E-state index contributed by atoms with van der Waals surface area (Å²) < 4.78 is 22.9. The van der Waals surface area contributed by atoms with Gasteiger partial charge in [-0.05, 0) is 32.1 Å². The van der Waals surface area contributed by atoms with Crippen molar-refractivity contribution in [3.05, 3.63) is 0 Å². The Kier molecular flexibility index (Phi) is 7.25. The van der Waals surface area contributed by atoms with Crippen LogP contribution in [0.4, 0.5) is 0 Å². The minimum Gasteiger partial charge on any atom is -0.396 e. The number of aliphatic hydroxyl groups is 2. The smallest absolute Gasteiger partial charge is 0.157 e. The molecule has 0 atom stereocenters. The van der Waals surface area contributed by atoms with Crippen LogP contribution >= 0.6 is 0 Å². The highest BCUT2D eigenvalue weighted by atomic mass is 16.7. The second kappa shape index (κ2) is 8.74. The van der Waals surface area contributed by atoms with E-state index in [-0.39, 0.29) is 36.6 Å². The first kappa shape index (κ1) is 19.1. The molecule has 6 nitrogen and oxygen atoms in total. The van der Waals surface area contributed by atoms with Crippen molar-refractivity contribution in [2.75, 3.05) is 39.6 Å². The lowest BCUT2D eigenvalue weighted by Gasteiger charge is -2.39. The Morgan fingerprint density at radius 2 is 1.09 bits per heavy atom. The Balaban J connectivity index is 1.62. The van der Waals surface area contributed by atoms with Gasteiger partial charge in [-0.1, -0.05) is 13.8 Å². The molecule has 23 heavy (non-hydrogen) atoms. The summed E-state index contributed by atoms with van der Waals surface area (Å²) in [7, 11) is 0. The van der Waals surface area contributed by atoms with E-state index < -0.39 is 0 Å². The highest BCUT2D eigenvalue weighted by molar-refractivity contribution is 4.81. The molecule has 0 aromatic carbocycles. The molecule has 136 valence electrons. The van der Waals surface area contributed by atoms with Crippen LogP contribution in [0.25, 0.3) is 0 Å². The first-order valence-electron chi connectivity index (χ1n) is 8.79. The second-order valence-electron chi connectivity index (χ2n) is 7.06. The third kappa shape index (κ3) is 4.87. The summed E-state index contributed by atoms with van der Waals surface area (Å²) in [6.45, 7) is 6.50. The van der Waals surface area contributed by atoms with Gasteiger partial charge < -0.3 is 29.2 Å². The molecule has 0 aromatic heterocycles. The minimum absolute atomic E-state index is 0.101. The van der Waals surface area contributed by atoms with Gasteiger partial charge >= 0.3 is 0 Å². The van der Waals surface area contributed by atoms with Gasteiger partial charge in [0.2, 0.25) is 0 Å². The maximum atomic E-state index is 9.45. The summed E-state index contributed by atoms with van der Waals surface area (Å²) in [5, 5.41) is 18.9. The fourth-order valence-electron chi connectivity index (χ4n) is 2.86. The molecule has 0 radical (unpaired) electrons. The van der Waals surface area contributed by atoms with Gasteiger partial charge in [0.05, 0.1) is 39.6 Å². The number of ether oxygens (including phenoxy) is 4. The zero-order valence-corrected chi connectivity index (χ0v) is 14.5. The van der Waals surface area contributed by atoms with Crippen molar-refractivity contribution in [3.8, 4) is 0 Å². The van der Waals surface area contributed by atoms with Crippen LogP contribution in [0.3, 0.4) is 0 Å². The lowest BCUT2D eigenvalue weighted by atomic mass is 9.87. The van der Waals surface area contributed by atoms with Gasteiger partial charge in [-0.3, -0.25) is 0 Å². The average Bonchev–Trinajstić information content (AvgIpc) is 2.63. The van der Waals surface area contributed by atoms with E-state index in [1.807, 2.05) is 13.8 Å². The Morgan fingerprint density at radius 1 is 0.739 bits per heavy atom. The zero-order chi connectivity index (χ0) is 16.8. The zero-order valence-electron chi connectivity index (χ0n) is 14.5. The van der Waals surface area contributed by atoms with E-state index in [2.05, 4.69) is 0 Å². The van der Waals surface area contributed by atoms with Crippen LogP contribution in [-0.2, 0) is 18.9 Å². The number of rotatable bonds is 8.